The van der Waals surface area contributed by atoms with Crippen molar-refractivity contribution >= 4 is 29.2 Å². The highest BCUT2D eigenvalue weighted by Crippen LogP contribution is 2.47. The SMILES string of the molecule is O=C(O)C(c1cccc(C2(Cl)CCCCC2)c1)C1(Cl)CCCCC1. The summed E-state index contributed by atoms with van der Waals surface area (Å²) in [4.78, 5) is 11.0. The van der Waals surface area contributed by atoms with E-state index in [-0.39, 0.29) is 4.87 Å². The first-order valence-electron chi connectivity index (χ1n) is 9.16. The van der Waals surface area contributed by atoms with Crippen LogP contribution in [-0.4, -0.2) is 16.0 Å². The van der Waals surface area contributed by atoms with E-state index < -0.39 is 16.8 Å². The van der Waals surface area contributed by atoms with Crippen molar-refractivity contribution in [3.63, 3.8) is 0 Å². The zero-order valence-electron chi connectivity index (χ0n) is 14.1. The van der Waals surface area contributed by atoms with Crippen molar-refractivity contribution in [2.24, 2.45) is 0 Å². The topological polar surface area (TPSA) is 37.3 Å². The van der Waals surface area contributed by atoms with Gasteiger partial charge in [0.05, 0.1) is 9.75 Å². The molecule has 4 heteroatoms. The van der Waals surface area contributed by atoms with Crippen LogP contribution in [0.2, 0.25) is 0 Å². The minimum Gasteiger partial charge on any atom is -0.481 e. The summed E-state index contributed by atoms with van der Waals surface area (Å²) in [6, 6.07) is 7.91. The second kappa shape index (κ2) is 7.25. The molecule has 132 valence electrons. The lowest BCUT2D eigenvalue weighted by Gasteiger charge is -2.37. The summed E-state index contributed by atoms with van der Waals surface area (Å²) in [5.74, 6) is -1.49. The lowest BCUT2D eigenvalue weighted by atomic mass is 9.74. The van der Waals surface area contributed by atoms with E-state index in [1.807, 2.05) is 24.3 Å². The Morgan fingerprint density at radius 1 is 0.958 bits per heavy atom. The van der Waals surface area contributed by atoms with Gasteiger partial charge in [0.1, 0.15) is 5.92 Å². The minimum atomic E-state index is -0.823. The van der Waals surface area contributed by atoms with E-state index in [9.17, 15) is 9.90 Å². The summed E-state index contributed by atoms with van der Waals surface area (Å²) in [6.07, 6.45) is 10.1. The van der Waals surface area contributed by atoms with E-state index in [0.717, 1.165) is 68.9 Å². The maximum atomic E-state index is 12.1. The van der Waals surface area contributed by atoms with Crippen molar-refractivity contribution in [1.29, 1.82) is 0 Å². The van der Waals surface area contributed by atoms with Gasteiger partial charge in [-0.25, -0.2) is 0 Å². The van der Waals surface area contributed by atoms with Crippen LogP contribution in [0.4, 0.5) is 0 Å². The maximum absolute atomic E-state index is 12.1. The summed E-state index contributed by atoms with van der Waals surface area (Å²) in [6.45, 7) is 0. The molecule has 0 saturated heterocycles. The van der Waals surface area contributed by atoms with Gasteiger partial charge in [0, 0.05) is 0 Å². The normalized spacial score (nSPS) is 24.2. The van der Waals surface area contributed by atoms with Crippen LogP contribution >= 0.6 is 23.2 Å². The van der Waals surface area contributed by atoms with E-state index >= 15 is 0 Å². The van der Waals surface area contributed by atoms with Crippen molar-refractivity contribution < 1.29 is 9.90 Å². The fourth-order valence-corrected chi connectivity index (χ4v) is 5.36. The van der Waals surface area contributed by atoms with Crippen LogP contribution < -0.4 is 0 Å². The number of carbonyl (C=O) groups is 1. The molecule has 0 bridgehead atoms. The zero-order chi connectivity index (χ0) is 17.2. The first kappa shape index (κ1) is 18.1. The summed E-state index contributed by atoms with van der Waals surface area (Å²) >= 11 is 13.7. The van der Waals surface area contributed by atoms with E-state index in [0.29, 0.717) is 0 Å². The smallest absolute Gasteiger partial charge is 0.312 e. The standard InChI is InChI=1S/C20H26Cl2O2/c21-19(10-3-1-4-11-19)16-9-7-8-15(14-16)17(18(23)24)20(22)12-5-2-6-13-20/h7-9,14,17H,1-6,10-13H2,(H,23,24). The number of rotatable bonds is 4. The molecule has 2 saturated carbocycles. The van der Waals surface area contributed by atoms with Crippen LogP contribution in [0.3, 0.4) is 0 Å². The van der Waals surface area contributed by atoms with Gasteiger partial charge in [-0.2, -0.15) is 0 Å². The van der Waals surface area contributed by atoms with E-state index in [2.05, 4.69) is 0 Å². The predicted octanol–water partition coefficient (Wildman–Crippen LogP) is 6.19. The third-order valence-electron chi connectivity index (χ3n) is 5.83. The maximum Gasteiger partial charge on any atom is 0.312 e. The molecule has 0 aromatic heterocycles. The van der Waals surface area contributed by atoms with E-state index in [4.69, 9.17) is 23.2 Å². The quantitative estimate of drug-likeness (QED) is 0.642. The molecule has 0 amide bonds. The Bertz CT molecular complexity index is 587. The number of halogens is 2. The van der Waals surface area contributed by atoms with Gasteiger partial charge < -0.3 is 5.11 Å². The van der Waals surface area contributed by atoms with Crippen LogP contribution in [0.5, 0.6) is 0 Å². The van der Waals surface area contributed by atoms with Gasteiger partial charge in [-0.15, -0.1) is 23.2 Å². The predicted molar refractivity (Wildman–Crippen MR) is 99.1 cm³/mol. The second-order valence-corrected chi connectivity index (χ2v) is 8.99. The molecule has 0 aliphatic heterocycles. The average molecular weight is 369 g/mol. The minimum absolute atomic E-state index is 0.344. The van der Waals surface area contributed by atoms with E-state index in [1.165, 1.54) is 6.42 Å². The van der Waals surface area contributed by atoms with Crippen LogP contribution in [0.15, 0.2) is 24.3 Å². The third kappa shape index (κ3) is 3.60. The molecule has 2 nitrogen and oxygen atoms in total. The number of alkyl halides is 2. The van der Waals surface area contributed by atoms with Crippen LogP contribution in [0.1, 0.15) is 81.3 Å². The summed E-state index contributed by atoms with van der Waals surface area (Å²) in [5.41, 5.74) is 1.87. The fourth-order valence-electron chi connectivity index (χ4n) is 4.49. The van der Waals surface area contributed by atoms with Gasteiger partial charge in [0.25, 0.3) is 0 Å². The van der Waals surface area contributed by atoms with Crippen LogP contribution in [-0.2, 0) is 9.67 Å². The molecular formula is C20H26Cl2O2. The highest BCUT2D eigenvalue weighted by Gasteiger charge is 2.44. The van der Waals surface area contributed by atoms with Gasteiger partial charge in [-0.05, 0) is 36.8 Å². The summed E-state index contributed by atoms with van der Waals surface area (Å²) in [7, 11) is 0. The Hall–Kier alpha value is -0.730. The molecule has 1 aromatic carbocycles. The number of hydrogen-bond donors (Lipinski definition) is 1. The van der Waals surface area contributed by atoms with Crippen LogP contribution in [0, 0.1) is 0 Å². The van der Waals surface area contributed by atoms with Crippen molar-refractivity contribution in [1.82, 2.24) is 0 Å². The molecule has 0 heterocycles. The highest BCUT2D eigenvalue weighted by atomic mass is 35.5. The fraction of sp³-hybridized carbons (Fsp3) is 0.650. The third-order valence-corrected chi connectivity index (χ3v) is 7.02. The molecule has 1 atom stereocenters. The monoisotopic (exact) mass is 368 g/mol. The molecule has 0 spiro atoms. The second-order valence-electron chi connectivity index (χ2n) is 7.52. The molecule has 1 aromatic rings. The lowest BCUT2D eigenvalue weighted by Crippen LogP contribution is -2.37. The number of carboxylic acids is 1. The molecule has 2 aliphatic rings. The summed E-state index contributed by atoms with van der Waals surface area (Å²) < 4.78 is 0. The number of benzene rings is 1. The van der Waals surface area contributed by atoms with Gasteiger partial charge in [0.2, 0.25) is 0 Å². The molecule has 3 rings (SSSR count). The van der Waals surface area contributed by atoms with Gasteiger partial charge >= 0.3 is 5.97 Å². The van der Waals surface area contributed by atoms with Crippen molar-refractivity contribution in [3.05, 3.63) is 35.4 Å². The Balaban J connectivity index is 1.94. The zero-order valence-corrected chi connectivity index (χ0v) is 15.6. The summed E-state index contributed by atoms with van der Waals surface area (Å²) in [5, 5.41) is 9.89. The molecular weight excluding hydrogens is 343 g/mol. The largest absolute Gasteiger partial charge is 0.481 e. The van der Waals surface area contributed by atoms with Crippen molar-refractivity contribution in [3.8, 4) is 0 Å². The van der Waals surface area contributed by atoms with Gasteiger partial charge in [0.15, 0.2) is 0 Å². The molecule has 1 unspecified atom stereocenters. The number of carboxylic acid groups (broad SMARTS) is 1. The van der Waals surface area contributed by atoms with Gasteiger partial charge in [-0.3, -0.25) is 4.79 Å². The molecule has 0 radical (unpaired) electrons. The van der Waals surface area contributed by atoms with Crippen molar-refractivity contribution in [2.45, 2.75) is 79.9 Å². The highest BCUT2D eigenvalue weighted by molar-refractivity contribution is 6.26. The number of aliphatic carboxylic acids is 1. The Kier molecular flexibility index (Phi) is 5.46. The first-order chi connectivity index (χ1) is 11.4. The average Bonchev–Trinajstić information content (AvgIpc) is 2.56. The molecule has 2 aliphatic carbocycles. The van der Waals surface area contributed by atoms with Crippen LogP contribution in [0.25, 0.3) is 0 Å². The number of hydrogen-bond acceptors (Lipinski definition) is 1. The molecule has 1 N–H and O–H groups in total. The molecule has 24 heavy (non-hydrogen) atoms. The van der Waals surface area contributed by atoms with E-state index in [1.54, 1.807) is 0 Å². The van der Waals surface area contributed by atoms with Gasteiger partial charge in [-0.1, -0.05) is 62.8 Å². The lowest BCUT2D eigenvalue weighted by molar-refractivity contribution is -0.140. The Morgan fingerprint density at radius 2 is 1.54 bits per heavy atom. The Labute approximate surface area is 154 Å². The molecule has 2 fully saturated rings. The first-order valence-corrected chi connectivity index (χ1v) is 9.91. The van der Waals surface area contributed by atoms with Crippen molar-refractivity contribution in [2.75, 3.05) is 0 Å². The Morgan fingerprint density at radius 3 is 2.12 bits per heavy atom.